The summed E-state index contributed by atoms with van der Waals surface area (Å²) in [4.78, 5) is 11.1. The average molecular weight is 269 g/mol. The van der Waals surface area contributed by atoms with Gasteiger partial charge in [0.2, 0.25) is 0 Å². The van der Waals surface area contributed by atoms with Crippen LogP contribution >= 0.6 is 27.3 Å². The third-order valence-corrected chi connectivity index (χ3v) is 3.23. The molecule has 0 spiro atoms. The van der Waals surface area contributed by atoms with E-state index >= 15 is 0 Å². The minimum atomic E-state index is 0.792. The van der Waals surface area contributed by atoms with Crippen LogP contribution in [0.5, 0.6) is 0 Å². The highest BCUT2D eigenvalue weighted by molar-refractivity contribution is 9.10. The van der Waals surface area contributed by atoms with Crippen molar-refractivity contribution >= 4 is 27.3 Å². The van der Waals surface area contributed by atoms with Gasteiger partial charge < -0.3 is 0 Å². The maximum atomic E-state index is 4.39. The lowest BCUT2D eigenvalue weighted by atomic mass is 10.3. The van der Waals surface area contributed by atoms with Crippen molar-refractivity contribution in [2.45, 2.75) is 13.8 Å². The van der Waals surface area contributed by atoms with Gasteiger partial charge >= 0.3 is 0 Å². The van der Waals surface area contributed by atoms with Crippen molar-refractivity contribution in [2.75, 3.05) is 0 Å². The zero-order valence-electron chi connectivity index (χ0n) is 7.91. The number of hydrogen-bond acceptors (Lipinski definition) is 3. The van der Waals surface area contributed by atoms with Gasteiger partial charge in [0.1, 0.15) is 10.4 Å². The number of thiophene rings is 1. The monoisotopic (exact) mass is 268 g/mol. The molecule has 0 fully saturated rings. The summed E-state index contributed by atoms with van der Waals surface area (Å²) in [5.74, 6) is 0.792. The largest absolute Gasteiger partial charge is 0.232 e. The van der Waals surface area contributed by atoms with E-state index in [1.54, 1.807) is 11.3 Å². The Balaban J connectivity index is 2.51. The Labute approximate surface area is 95.2 Å². The first-order valence-electron chi connectivity index (χ1n) is 4.23. The molecule has 0 saturated carbocycles. The summed E-state index contributed by atoms with van der Waals surface area (Å²) >= 11 is 5.12. The van der Waals surface area contributed by atoms with Crippen molar-refractivity contribution in [3.8, 4) is 10.6 Å². The summed E-state index contributed by atoms with van der Waals surface area (Å²) in [7, 11) is 0. The smallest absolute Gasteiger partial charge is 0.127 e. The minimum absolute atomic E-state index is 0.792. The van der Waals surface area contributed by atoms with E-state index in [0.29, 0.717) is 0 Å². The van der Waals surface area contributed by atoms with Crippen LogP contribution in [0, 0.1) is 13.8 Å². The van der Waals surface area contributed by atoms with Gasteiger partial charge in [-0.25, -0.2) is 9.97 Å². The normalized spacial score (nSPS) is 10.5. The van der Waals surface area contributed by atoms with Crippen LogP contribution in [0.2, 0.25) is 0 Å². The summed E-state index contributed by atoms with van der Waals surface area (Å²) in [5.41, 5.74) is 0.988. The Hall–Kier alpha value is -0.740. The Morgan fingerprint density at radius 2 is 2.00 bits per heavy atom. The molecule has 0 bridgehead atoms. The summed E-state index contributed by atoms with van der Waals surface area (Å²) in [5, 5.41) is 0. The molecule has 0 aliphatic rings. The predicted molar refractivity (Wildman–Crippen MR) is 62.5 cm³/mol. The van der Waals surface area contributed by atoms with E-state index in [2.05, 4.69) is 45.0 Å². The zero-order chi connectivity index (χ0) is 10.1. The van der Waals surface area contributed by atoms with Gasteiger partial charge in [-0.2, -0.15) is 0 Å². The molecular formula is C10H9BrN2S. The maximum Gasteiger partial charge on any atom is 0.127 e. The number of hydrogen-bond donors (Lipinski definition) is 0. The fraction of sp³-hybridized carbons (Fsp3) is 0.200. The summed E-state index contributed by atoms with van der Waals surface area (Å²) in [6.45, 7) is 3.99. The van der Waals surface area contributed by atoms with Gasteiger partial charge in [0.05, 0.1) is 10.6 Å². The van der Waals surface area contributed by atoms with E-state index in [4.69, 9.17) is 0 Å². The number of rotatable bonds is 1. The molecule has 0 aliphatic heterocycles. The number of aromatic nitrogens is 2. The van der Waals surface area contributed by atoms with Gasteiger partial charge in [-0.1, -0.05) is 0 Å². The highest BCUT2D eigenvalue weighted by Gasteiger charge is 2.04. The first-order chi connectivity index (χ1) is 6.65. The van der Waals surface area contributed by atoms with Gasteiger partial charge in [0.25, 0.3) is 0 Å². The van der Waals surface area contributed by atoms with Crippen molar-refractivity contribution in [3.63, 3.8) is 0 Å². The molecule has 0 N–H and O–H groups in total. The molecular weight excluding hydrogens is 260 g/mol. The highest BCUT2D eigenvalue weighted by Crippen LogP contribution is 2.27. The first kappa shape index (κ1) is 9.80. The van der Waals surface area contributed by atoms with Crippen LogP contribution in [-0.4, -0.2) is 9.97 Å². The molecule has 0 unspecified atom stereocenters. The lowest BCUT2D eigenvalue weighted by Gasteiger charge is -1.99. The molecule has 14 heavy (non-hydrogen) atoms. The fourth-order valence-electron chi connectivity index (χ4n) is 1.23. The fourth-order valence-corrected chi connectivity index (χ4v) is 2.53. The molecule has 0 aromatic carbocycles. The molecule has 2 aromatic heterocycles. The second-order valence-corrected chi connectivity index (χ2v) is 5.13. The van der Waals surface area contributed by atoms with Gasteiger partial charge in [-0.05, 0) is 48.0 Å². The molecule has 0 atom stereocenters. The molecule has 0 radical (unpaired) electrons. The summed E-state index contributed by atoms with van der Waals surface area (Å²) in [6, 6.07) is 6.14. The predicted octanol–water partition coefficient (Wildman–Crippen LogP) is 3.58. The number of nitrogens with zero attached hydrogens (tertiary/aromatic N) is 2. The molecule has 0 saturated heterocycles. The van der Waals surface area contributed by atoms with E-state index in [0.717, 1.165) is 16.1 Å². The van der Waals surface area contributed by atoms with Crippen LogP contribution in [-0.2, 0) is 0 Å². The van der Waals surface area contributed by atoms with Gasteiger partial charge in [-0.3, -0.25) is 0 Å². The van der Waals surface area contributed by atoms with Crippen LogP contribution in [0.25, 0.3) is 10.6 Å². The van der Waals surface area contributed by atoms with Crippen LogP contribution in [0.3, 0.4) is 0 Å². The molecule has 72 valence electrons. The third-order valence-electron chi connectivity index (χ3n) is 1.80. The minimum Gasteiger partial charge on any atom is -0.232 e. The molecule has 0 aliphatic carbocycles. The molecule has 0 amide bonds. The quantitative estimate of drug-likeness (QED) is 0.739. The Morgan fingerprint density at radius 3 is 2.57 bits per heavy atom. The van der Waals surface area contributed by atoms with Gasteiger partial charge in [-0.15, -0.1) is 11.3 Å². The zero-order valence-corrected chi connectivity index (χ0v) is 10.3. The van der Waals surface area contributed by atoms with Gasteiger partial charge in [0, 0.05) is 4.88 Å². The first-order valence-corrected chi connectivity index (χ1v) is 5.84. The molecule has 2 heterocycles. The highest BCUT2D eigenvalue weighted by atomic mass is 79.9. The topological polar surface area (TPSA) is 25.8 Å². The van der Waals surface area contributed by atoms with Crippen molar-refractivity contribution < 1.29 is 0 Å². The van der Waals surface area contributed by atoms with Crippen LogP contribution in [0.4, 0.5) is 0 Å². The van der Waals surface area contributed by atoms with Crippen molar-refractivity contribution in [1.82, 2.24) is 9.97 Å². The molecule has 2 aromatic rings. The molecule has 2 rings (SSSR count). The average Bonchev–Trinajstić information content (AvgIpc) is 2.50. The van der Waals surface area contributed by atoms with E-state index < -0.39 is 0 Å². The SMILES string of the molecule is Cc1nc(Br)cc(-c2ccc(C)s2)n1. The standard InChI is InChI=1S/C10H9BrN2S/c1-6-3-4-9(14-6)8-5-10(11)13-7(2)12-8/h3-5H,1-2H3. The van der Waals surface area contributed by atoms with Crippen LogP contribution in [0.1, 0.15) is 10.7 Å². The van der Waals surface area contributed by atoms with Crippen LogP contribution in [0.15, 0.2) is 22.8 Å². The van der Waals surface area contributed by atoms with E-state index in [9.17, 15) is 0 Å². The lowest BCUT2D eigenvalue weighted by molar-refractivity contribution is 1.04. The Kier molecular flexibility index (Phi) is 2.65. The molecule has 4 heteroatoms. The summed E-state index contributed by atoms with van der Waals surface area (Å²) in [6.07, 6.45) is 0. The third kappa shape index (κ3) is 2.01. The maximum absolute atomic E-state index is 4.39. The Bertz CT molecular complexity index is 445. The van der Waals surface area contributed by atoms with E-state index in [1.807, 2.05) is 13.0 Å². The van der Waals surface area contributed by atoms with Crippen LogP contribution < -0.4 is 0 Å². The van der Waals surface area contributed by atoms with E-state index in [1.165, 1.54) is 9.75 Å². The summed E-state index contributed by atoms with van der Waals surface area (Å²) < 4.78 is 0.839. The second-order valence-electron chi connectivity index (χ2n) is 3.03. The van der Waals surface area contributed by atoms with Crippen molar-refractivity contribution in [1.29, 1.82) is 0 Å². The number of aryl methyl sites for hydroxylation is 2. The number of halogens is 1. The van der Waals surface area contributed by atoms with Crippen molar-refractivity contribution in [2.24, 2.45) is 0 Å². The second kappa shape index (κ2) is 3.79. The molecule has 2 nitrogen and oxygen atoms in total. The van der Waals surface area contributed by atoms with Crippen molar-refractivity contribution in [3.05, 3.63) is 33.5 Å². The van der Waals surface area contributed by atoms with Gasteiger partial charge in [0.15, 0.2) is 0 Å². The van der Waals surface area contributed by atoms with E-state index in [-0.39, 0.29) is 0 Å². The lowest BCUT2D eigenvalue weighted by Crippen LogP contribution is -1.89. The Morgan fingerprint density at radius 1 is 1.21 bits per heavy atom.